The van der Waals surface area contributed by atoms with Crippen LogP contribution in [0.15, 0.2) is 29.2 Å². The number of ether oxygens (including phenoxy) is 1. The summed E-state index contributed by atoms with van der Waals surface area (Å²) in [6, 6.07) is 7.37. The summed E-state index contributed by atoms with van der Waals surface area (Å²) in [5.74, 6) is -0.599. The summed E-state index contributed by atoms with van der Waals surface area (Å²) in [5, 5.41) is 0.770. The molecule has 6 nitrogen and oxygen atoms in total. The van der Waals surface area contributed by atoms with Crippen LogP contribution in [0.2, 0.25) is 0 Å². The minimum atomic E-state index is -1.42. The topological polar surface area (TPSA) is 88.4 Å². The SMILES string of the molecule is CC.CC.CC.NC(=O)c1[nH]c2ccccc2c1S(=O)N1CCOCC1. The first-order valence-electron chi connectivity index (χ1n) is 9.33. The first-order valence-corrected chi connectivity index (χ1v) is 10.4. The van der Waals surface area contributed by atoms with E-state index in [1.807, 2.05) is 65.8 Å². The highest BCUT2D eigenvalue weighted by Gasteiger charge is 2.26. The minimum absolute atomic E-state index is 0.219. The van der Waals surface area contributed by atoms with Gasteiger partial charge in [0.1, 0.15) is 16.7 Å². The maximum atomic E-state index is 12.8. The molecule has 148 valence electrons. The fourth-order valence-corrected chi connectivity index (χ4v) is 3.74. The molecule has 0 radical (unpaired) electrons. The monoisotopic (exact) mass is 383 g/mol. The van der Waals surface area contributed by atoms with Gasteiger partial charge in [0, 0.05) is 24.0 Å². The molecule has 2 aromatic rings. The highest BCUT2D eigenvalue weighted by molar-refractivity contribution is 7.83. The lowest BCUT2D eigenvalue weighted by Gasteiger charge is -2.25. The molecule has 1 fully saturated rings. The molecule has 1 aromatic carbocycles. The Morgan fingerprint density at radius 2 is 1.62 bits per heavy atom. The van der Waals surface area contributed by atoms with Crippen LogP contribution >= 0.6 is 0 Å². The molecule has 3 rings (SSSR count). The third-order valence-corrected chi connectivity index (χ3v) is 4.89. The summed E-state index contributed by atoms with van der Waals surface area (Å²) in [7, 11) is -1.42. The Morgan fingerprint density at radius 3 is 2.15 bits per heavy atom. The molecule has 1 unspecified atom stereocenters. The van der Waals surface area contributed by atoms with Crippen molar-refractivity contribution in [3.63, 3.8) is 0 Å². The van der Waals surface area contributed by atoms with Gasteiger partial charge in [0.2, 0.25) is 0 Å². The van der Waals surface area contributed by atoms with E-state index in [4.69, 9.17) is 10.5 Å². The number of nitrogens with zero attached hydrogens (tertiary/aromatic N) is 1. The number of hydrogen-bond acceptors (Lipinski definition) is 3. The number of nitrogens with one attached hydrogen (secondary N) is 1. The second-order valence-corrected chi connectivity index (χ2v) is 5.95. The number of nitrogens with two attached hydrogens (primary N) is 1. The van der Waals surface area contributed by atoms with Crippen molar-refractivity contribution in [3.8, 4) is 0 Å². The standard InChI is InChI=1S/C13H15N3O3S.3C2H6/c14-13(17)11-12(9-3-1-2-4-10(9)15-11)20(18)16-5-7-19-8-6-16;3*1-2/h1-4,15H,5-8H2,(H2,14,17);3*1-2H3. The van der Waals surface area contributed by atoms with E-state index in [2.05, 4.69) is 4.98 Å². The van der Waals surface area contributed by atoms with E-state index < -0.39 is 16.9 Å². The van der Waals surface area contributed by atoms with E-state index >= 15 is 0 Å². The van der Waals surface area contributed by atoms with Crippen molar-refractivity contribution in [1.29, 1.82) is 0 Å². The van der Waals surface area contributed by atoms with Crippen molar-refractivity contribution in [3.05, 3.63) is 30.0 Å². The third kappa shape index (κ3) is 5.93. The molecule has 0 spiro atoms. The van der Waals surface area contributed by atoms with Gasteiger partial charge in [0.25, 0.3) is 5.91 Å². The Hall–Kier alpha value is -1.70. The zero-order chi connectivity index (χ0) is 20.1. The Labute approximate surface area is 159 Å². The fraction of sp³-hybridized carbons (Fsp3) is 0.526. The number of morpholine rings is 1. The van der Waals surface area contributed by atoms with Gasteiger partial charge in [-0.1, -0.05) is 59.7 Å². The van der Waals surface area contributed by atoms with Gasteiger partial charge in [-0.3, -0.25) is 4.79 Å². The number of aromatic amines is 1. The average molecular weight is 384 g/mol. The largest absolute Gasteiger partial charge is 0.379 e. The van der Waals surface area contributed by atoms with Gasteiger partial charge < -0.3 is 15.5 Å². The maximum absolute atomic E-state index is 12.8. The molecule has 0 saturated carbocycles. The lowest BCUT2D eigenvalue weighted by Crippen LogP contribution is -2.38. The van der Waals surface area contributed by atoms with Gasteiger partial charge in [0.05, 0.1) is 18.1 Å². The molecule has 0 aliphatic carbocycles. The Morgan fingerprint density at radius 1 is 1.08 bits per heavy atom. The molecule has 0 bridgehead atoms. The summed E-state index contributed by atoms with van der Waals surface area (Å²) >= 11 is 0. The Bertz CT molecular complexity index is 680. The summed E-state index contributed by atoms with van der Waals surface area (Å²) < 4.78 is 19.8. The molecule has 26 heavy (non-hydrogen) atoms. The lowest BCUT2D eigenvalue weighted by atomic mass is 10.2. The van der Waals surface area contributed by atoms with Gasteiger partial charge in [-0.25, -0.2) is 8.51 Å². The van der Waals surface area contributed by atoms with Crippen molar-refractivity contribution in [2.24, 2.45) is 5.73 Å². The van der Waals surface area contributed by atoms with Crippen molar-refractivity contribution in [2.75, 3.05) is 26.3 Å². The van der Waals surface area contributed by atoms with E-state index in [0.29, 0.717) is 31.2 Å². The molecular weight excluding hydrogens is 350 g/mol. The van der Waals surface area contributed by atoms with Crippen LogP contribution < -0.4 is 5.73 Å². The summed E-state index contributed by atoms with van der Waals surface area (Å²) in [6.07, 6.45) is 0. The third-order valence-electron chi connectivity index (χ3n) is 3.28. The number of carbonyl (C=O) groups is 1. The van der Waals surface area contributed by atoms with Crippen LogP contribution in [0.3, 0.4) is 0 Å². The van der Waals surface area contributed by atoms with Gasteiger partial charge in [-0.05, 0) is 6.07 Å². The number of benzene rings is 1. The first kappa shape index (κ1) is 24.3. The van der Waals surface area contributed by atoms with Gasteiger partial charge in [-0.15, -0.1) is 0 Å². The number of carbonyl (C=O) groups excluding carboxylic acids is 1. The highest BCUT2D eigenvalue weighted by Crippen LogP contribution is 2.27. The van der Waals surface area contributed by atoms with E-state index in [1.54, 1.807) is 4.31 Å². The smallest absolute Gasteiger partial charge is 0.266 e. The van der Waals surface area contributed by atoms with Crippen LogP contribution in [-0.4, -0.2) is 45.7 Å². The van der Waals surface area contributed by atoms with E-state index in [9.17, 15) is 9.00 Å². The van der Waals surface area contributed by atoms with Gasteiger partial charge >= 0.3 is 0 Å². The fourth-order valence-electron chi connectivity index (χ4n) is 2.31. The number of primary amides is 1. The zero-order valence-corrected chi connectivity index (χ0v) is 17.6. The Kier molecular flexibility index (Phi) is 12.6. The predicted octanol–water partition coefficient (Wildman–Crippen LogP) is 3.70. The molecule has 1 aromatic heterocycles. The maximum Gasteiger partial charge on any atom is 0.266 e. The Balaban J connectivity index is 0.000000948. The number of aromatic nitrogens is 1. The van der Waals surface area contributed by atoms with E-state index in [0.717, 1.165) is 10.9 Å². The van der Waals surface area contributed by atoms with Crippen LogP contribution in [0.25, 0.3) is 10.9 Å². The second-order valence-electron chi connectivity index (χ2n) is 4.53. The van der Waals surface area contributed by atoms with Crippen LogP contribution in [0, 0.1) is 0 Å². The number of rotatable bonds is 3. The van der Waals surface area contributed by atoms with Gasteiger partial charge in [0.15, 0.2) is 0 Å². The van der Waals surface area contributed by atoms with Crippen LogP contribution in [0.4, 0.5) is 0 Å². The summed E-state index contributed by atoms with van der Waals surface area (Å²) in [6.45, 7) is 14.2. The molecular formula is C19H33N3O3S. The zero-order valence-electron chi connectivity index (χ0n) is 16.8. The van der Waals surface area contributed by atoms with Crippen LogP contribution in [-0.2, 0) is 15.7 Å². The average Bonchev–Trinajstić information content (AvgIpc) is 3.12. The first-order chi connectivity index (χ1) is 12.7. The number of H-pyrrole nitrogens is 1. The number of fused-ring (bicyclic) bond motifs is 1. The van der Waals surface area contributed by atoms with Crippen molar-refractivity contribution < 1.29 is 13.7 Å². The van der Waals surface area contributed by atoms with Crippen molar-refractivity contribution in [1.82, 2.24) is 9.29 Å². The quantitative estimate of drug-likeness (QED) is 0.847. The molecule has 2 heterocycles. The van der Waals surface area contributed by atoms with Crippen LogP contribution in [0.1, 0.15) is 52.0 Å². The summed E-state index contributed by atoms with van der Waals surface area (Å²) in [4.78, 5) is 15.0. The van der Waals surface area contributed by atoms with Crippen molar-refractivity contribution >= 4 is 27.8 Å². The molecule has 7 heteroatoms. The normalized spacial score (nSPS) is 14.7. The molecule has 1 saturated heterocycles. The number of amides is 1. The molecule has 1 amide bonds. The molecule has 1 aliphatic heterocycles. The lowest BCUT2D eigenvalue weighted by molar-refractivity contribution is 0.0752. The molecule has 1 aliphatic rings. The molecule has 1 atom stereocenters. The second kappa shape index (κ2) is 13.5. The van der Waals surface area contributed by atoms with Gasteiger partial charge in [-0.2, -0.15) is 0 Å². The highest BCUT2D eigenvalue weighted by atomic mass is 32.2. The van der Waals surface area contributed by atoms with E-state index in [-0.39, 0.29) is 5.69 Å². The minimum Gasteiger partial charge on any atom is -0.379 e. The van der Waals surface area contributed by atoms with Crippen molar-refractivity contribution in [2.45, 2.75) is 46.4 Å². The number of para-hydroxylation sites is 1. The predicted molar refractivity (Wildman–Crippen MR) is 110 cm³/mol. The molecule has 3 N–H and O–H groups in total. The summed E-state index contributed by atoms with van der Waals surface area (Å²) in [5.41, 5.74) is 6.38. The number of hydrogen-bond donors (Lipinski definition) is 2. The van der Waals surface area contributed by atoms with E-state index in [1.165, 1.54) is 0 Å². The van der Waals surface area contributed by atoms with Crippen LogP contribution in [0.5, 0.6) is 0 Å².